The quantitative estimate of drug-likeness (QED) is 0.507. The third kappa shape index (κ3) is 4.45. The van der Waals surface area contributed by atoms with E-state index in [1.54, 1.807) is 17.0 Å². The Kier molecular flexibility index (Phi) is 6.99. The molecule has 0 amide bonds. The number of aromatic nitrogens is 6. The van der Waals surface area contributed by atoms with Crippen LogP contribution in [0.1, 0.15) is 46.0 Å². The van der Waals surface area contributed by atoms with E-state index >= 15 is 0 Å². The van der Waals surface area contributed by atoms with Crippen LogP contribution in [0.3, 0.4) is 0 Å². The van der Waals surface area contributed by atoms with E-state index < -0.39 is 11.2 Å². The summed E-state index contributed by atoms with van der Waals surface area (Å²) in [6, 6.07) is 0. The van der Waals surface area contributed by atoms with Crippen molar-refractivity contribution in [3.8, 4) is 11.4 Å². The molecule has 0 saturated carbocycles. The number of H-pyrrole nitrogens is 1. The molecular weight excluding hydrogens is 410 g/mol. The largest absolute Gasteiger partial charge is 0.378 e. The van der Waals surface area contributed by atoms with Crippen LogP contribution in [-0.4, -0.2) is 55.4 Å². The third-order valence-electron chi connectivity index (χ3n) is 5.80. The lowest BCUT2D eigenvalue weighted by atomic mass is 10.2. The molecular formula is C22H31N7O3. The lowest BCUT2D eigenvalue weighted by Crippen LogP contribution is -2.37. The summed E-state index contributed by atoms with van der Waals surface area (Å²) in [7, 11) is 0. The summed E-state index contributed by atoms with van der Waals surface area (Å²) < 4.78 is 8.89. The second kappa shape index (κ2) is 10.1. The molecule has 4 heterocycles. The van der Waals surface area contributed by atoms with Crippen LogP contribution in [0.2, 0.25) is 0 Å². The van der Waals surface area contributed by atoms with E-state index in [9.17, 15) is 9.59 Å². The molecule has 0 unspecified atom stereocenters. The Balaban J connectivity index is 1.80. The predicted molar refractivity (Wildman–Crippen MR) is 123 cm³/mol. The number of fused-ring (bicyclic) bond motifs is 1. The number of aromatic amines is 1. The van der Waals surface area contributed by atoms with Crippen LogP contribution in [0.15, 0.2) is 22.0 Å². The van der Waals surface area contributed by atoms with Crippen molar-refractivity contribution in [1.82, 2.24) is 29.1 Å². The second-order valence-electron chi connectivity index (χ2n) is 8.10. The Labute approximate surface area is 186 Å². The smallest absolute Gasteiger partial charge is 0.330 e. The van der Waals surface area contributed by atoms with Crippen LogP contribution in [0.5, 0.6) is 0 Å². The fourth-order valence-electron chi connectivity index (χ4n) is 4.02. The van der Waals surface area contributed by atoms with E-state index in [1.165, 1.54) is 0 Å². The molecule has 0 aliphatic carbocycles. The first kappa shape index (κ1) is 22.2. The first-order valence-corrected chi connectivity index (χ1v) is 11.5. The van der Waals surface area contributed by atoms with Gasteiger partial charge in [0.1, 0.15) is 5.82 Å². The van der Waals surface area contributed by atoms with Gasteiger partial charge in [-0.05, 0) is 12.8 Å². The summed E-state index contributed by atoms with van der Waals surface area (Å²) in [6.45, 7) is 8.20. The minimum Gasteiger partial charge on any atom is -0.378 e. The van der Waals surface area contributed by atoms with Gasteiger partial charge in [0.15, 0.2) is 11.2 Å². The lowest BCUT2D eigenvalue weighted by molar-refractivity contribution is 0.122. The summed E-state index contributed by atoms with van der Waals surface area (Å²) in [5.74, 6) is 1.27. The van der Waals surface area contributed by atoms with Crippen LogP contribution in [-0.2, 0) is 17.8 Å². The summed E-state index contributed by atoms with van der Waals surface area (Å²) in [5.41, 5.74) is 0.766. The molecule has 4 rings (SSSR count). The molecule has 10 heteroatoms. The Morgan fingerprint density at radius 3 is 2.34 bits per heavy atom. The van der Waals surface area contributed by atoms with Crippen molar-refractivity contribution in [3.05, 3.63) is 33.2 Å². The fraction of sp³-hybridized carbons (Fsp3) is 0.591. The number of anilines is 1. The molecule has 172 valence electrons. The number of hydrogen-bond donors (Lipinski definition) is 1. The molecule has 1 fully saturated rings. The highest BCUT2D eigenvalue weighted by molar-refractivity contribution is 5.76. The van der Waals surface area contributed by atoms with Gasteiger partial charge in [0.25, 0.3) is 5.56 Å². The Morgan fingerprint density at radius 1 is 0.969 bits per heavy atom. The zero-order chi connectivity index (χ0) is 22.5. The molecule has 3 aromatic rings. The number of nitrogens with zero attached hydrogens (tertiary/aromatic N) is 6. The van der Waals surface area contributed by atoms with E-state index in [1.807, 2.05) is 4.57 Å². The summed E-state index contributed by atoms with van der Waals surface area (Å²) in [5, 5.41) is 0. The summed E-state index contributed by atoms with van der Waals surface area (Å²) in [4.78, 5) is 43.8. The molecule has 1 aliphatic rings. The average molecular weight is 442 g/mol. The van der Waals surface area contributed by atoms with Gasteiger partial charge in [0.2, 0.25) is 5.95 Å². The highest BCUT2D eigenvalue weighted by Crippen LogP contribution is 2.24. The van der Waals surface area contributed by atoms with Gasteiger partial charge in [-0.1, -0.05) is 33.1 Å². The van der Waals surface area contributed by atoms with E-state index in [-0.39, 0.29) is 0 Å². The highest BCUT2D eigenvalue weighted by Gasteiger charge is 2.21. The van der Waals surface area contributed by atoms with Crippen molar-refractivity contribution in [3.63, 3.8) is 0 Å². The van der Waals surface area contributed by atoms with Gasteiger partial charge in [-0.3, -0.25) is 14.3 Å². The normalized spacial score (nSPS) is 14.4. The van der Waals surface area contributed by atoms with Crippen molar-refractivity contribution in [2.24, 2.45) is 0 Å². The topological polar surface area (TPSA) is 111 Å². The van der Waals surface area contributed by atoms with Gasteiger partial charge < -0.3 is 14.2 Å². The van der Waals surface area contributed by atoms with E-state index in [0.717, 1.165) is 50.8 Å². The Hall–Kier alpha value is -3.01. The van der Waals surface area contributed by atoms with Crippen LogP contribution in [0, 0.1) is 0 Å². The Bertz CT molecular complexity index is 1160. The SMILES string of the molecule is CCCCCn1c(-c2cnc(N3CCOCC3)nc2)nc2c1c(=O)[nH]c(=O)n2CCCC. The van der Waals surface area contributed by atoms with Crippen LogP contribution < -0.4 is 16.1 Å². The zero-order valence-corrected chi connectivity index (χ0v) is 18.8. The van der Waals surface area contributed by atoms with Crippen LogP contribution in [0.25, 0.3) is 22.6 Å². The number of ether oxygens (including phenoxy) is 1. The van der Waals surface area contributed by atoms with Crippen molar-refractivity contribution in [2.75, 3.05) is 31.2 Å². The van der Waals surface area contributed by atoms with Gasteiger partial charge in [-0.15, -0.1) is 0 Å². The first-order chi connectivity index (χ1) is 15.6. The van der Waals surface area contributed by atoms with Crippen molar-refractivity contribution >= 4 is 17.1 Å². The number of unbranched alkanes of at least 4 members (excludes halogenated alkanes) is 3. The van der Waals surface area contributed by atoms with E-state index in [0.29, 0.717) is 49.2 Å². The molecule has 0 aromatic carbocycles. The maximum atomic E-state index is 12.8. The first-order valence-electron chi connectivity index (χ1n) is 11.5. The number of imidazole rings is 1. The van der Waals surface area contributed by atoms with Crippen molar-refractivity contribution in [1.29, 1.82) is 0 Å². The maximum absolute atomic E-state index is 12.8. The van der Waals surface area contributed by atoms with Gasteiger partial charge in [-0.25, -0.2) is 19.7 Å². The molecule has 0 bridgehead atoms. The molecule has 1 N–H and O–H groups in total. The fourth-order valence-corrected chi connectivity index (χ4v) is 4.02. The molecule has 10 nitrogen and oxygen atoms in total. The molecule has 0 spiro atoms. The van der Waals surface area contributed by atoms with Crippen molar-refractivity contribution < 1.29 is 4.74 Å². The van der Waals surface area contributed by atoms with Gasteiger partial charge in [-0.2, -0.15) is 0 Å². The monoisotopic (exact) mass is 441 g/mol. The van der Waals surface area contributed by atoms with Crippen LogP contribution >= 0.6 is 0 Å². The highest BCUT2D eigenvalue weighted by atomic mass is 16.5. The predicted octanol–water partition coefficient (Wildman–Crippen LogP) is 2.17. The lowest BCUT2D eigenvalue weighted by Gasteiger charge is -2.26. The minimum absolute atomic E-state index is 0.404. The second-order valence-corrected chi connectivity index (χ2v) is 8.10. The zero-order valence-electron chi connectivity index (χ0n) is 18.8. The molecule has 1 saturated heterocycles. The minimum atomic E-state index is -0.417. The summed E-state index contributed by atoms with van der Waals surface area (Å²) >= 11 is 0. The number of aryl methyl sites for hydroxylation is 2. The maximum Gasteiger partial charge on any atom is 0.330 e. The Morgan fingerprint density at radius 2 is 1.66 bits per heavy atom. The van der Waals surface area contributed by atoms with Gasteiger partial charge in [0.05, 0.1) is 18.8 Å². The number of rotatable bonds is 9. The molecule has 0 atom stereocenters. The van der Waals surface area contributed by atoms with E-state index in [4.69, 9.17) is 9.72 Å². The number of nitrogens with one attached hydrogen (secondary N) is 1. The van der Waals surface area contributed by atoms with E-state index in [2.05, 4.69) is 33.7 Å². The molecule has 1 aliphatic heterocycles. The van der Waals surface area contributed by atoms with Crippen molar-refractivity contribution in [2.45, 2.75) is 59.0 Å². The third-order valence-corrected chi connectivity index (χ3v) is 5.80. The standard InChI is InChI=1S/C22H31N7O3/c1-3-5-7-9-28-17-19(29(8-6-4-2)22(31)26-20(17)30)25-18(28)16-14-23-21(24-15-16)27-10-12-32-13-11-27/h14-15H,3-13H2,1-2H3,(H,26,30,31). The molecule has 3 aromatic heterocycles. The molecule has 32 heavy (non-hydrogen) atoms. The molecule has 0 radical (unpaired) electrons. The van der Waals surface area contributed by atoms with Gasteiger partial charge in [0, 0.05) is 38.6 Å². The average Bonchev–Trinajstić information content (AvgIpc) is 3.20. The summed E-state index contributed by atoms with van der Waals surface area (Å²) in [6.07, 6.45) is 8.28. The number of hydrogen-bond acceptors (Lipinski definition) is 7. The van der Waals surface area contributed by atoms with Crippen LogP contribution in [0.4, 0.5) is 5.95 Å². The van der Waals surface area contributed by atoms with Gasteiger partial charge >= 0.3 is 5.69 Å². The number of morpholine rings is 1.